The van der Waals surface area contributed by atoms with Crippen LogP contribution in [0.15, 0.2) is 11.4 Å². The lowest BCUT2D eigenvalue weighted by Gasteiger charge is -2.24. The van der Waals surface area contributed by atoms with Crippen molar-refractivity contribution < 1.29 is 0 Å². The summed E-state index contributed by atoms with van der Waals surface area (Å²) in [5.74, 6) is 5.93. The third-order valence-corrected chi connectivity index (χ3v) is 2.89. The molecule has 0 bridgehead atoms. The average molecular weight is 184 g/mol. The van der Waals surface area contributed by atoms with Crippen molar-refractivity contribution in [2.45, 2.75) is 38.6 Å². The van der Waals surface area contributed by atoms with E-state index in [1.54, 1.807) is 0 Å². The molecular formula is C9H20N4. The molecule has 1 aliphatic carbocycles. The summed E-state index contributed by atoms with van der Waals surface area (Å²) >= 11 is 0. The maximum absolute atomic E-state index is 5.97. The van der Waals surface area contributed by atoms with E-state index in [2.05, 4.69) is 12.3 Å². The molecule has 0 saturated heterocycles. The first-order valence-electron chi connectivity index (χ1n) is 4.84. The fourth-order valence-electron chi connectivity index (χ4n) is 1.67. The van der Waals surface area contributed by atoms with Gasteiger partial charge in [0.05, 0.1) is 0 Å². The van der Waals surface area contributed by atoms with E-state index >= 15 is 0 Å². The number of allylic oxidation sites excluding steroid dienone is 2. The van der Waals surface area contributed by atoms with E-state index in [-0.39, 0.29) is 6.04 Å². The van der Waals surface area contributed by atoms with E-state index in [0.717, 1.165) is 37.1 Å². The topological polar surface area (TPSA) is 90.1 Å². The van der Waals surface area contributed by atoms with Gasteiger partial charge in [0.15, 0.2) is 0 Å². The quantitative estimate of drug-likeness (QED) is 0.345. The summed E-state index contributed by atoms with van der Waals surface area (Å²) in [4.78, 5) is 0. The first-order chi connectivity index (χ1) is 6.15. The van der Waals surface area contributed by atoms with Crippen molar-refractivity contribution in [1.82, 2.24) is 5.43 Å². The Bertz CT molecular complexity index is 200. The first kappa shape index (κ1) is 10.3. The van der Waals surface area contributed by atoms with Crippen LogP contribution in [-0.2, 0) is 0 Å². The fourth-order valence-corrected chi connectivity index (χ4v) is 1.67. The van der Waals surface area contributed by atoms with Gasteiger partial charge in [-0.25, -0.2) is 0 Å². The summed E-state index contributed by atoms with van der Waals surface area (Å²) < 4.78 is 0. The lowest BCUT2D eigenvalue weighted by molar-refractivity contribution is 0.390. The van der Waals surface area contributed by atoms with Crippen LogP contribution in [0.4, 0.5) is 0 Å². The minimum atomic E-state index is 0.276. The third kappa shape index (κ3) is 2.60. The van der Waals surface area contributed by atoms with Crippen molar-refractivity contribution in [3.63, 3.8) is 0 Å². The van der Waals surface area contributed by atoms with Crippen LogP contribution in [0.5, 0.6) is 0 Å². The normalized spacial score (nSPS) is 36.5. The molecule has 0 aromatic carbocycles. The number of hydrazine groups is 1. The third-order valence-electron chi connectivity index (χ3n) is 2.89. The predicted molar refractivity (Wildman–Crippen MR) is 54.1 cm³/mol. The SMILES string of the molecule is CC1CC/C(NN)=C(/N)CCC1N. The molecule has 0 heterocycles. The monoisotopic (exact) mass is 184 g/mol. The summed E-state index contributed by atoms with van der Waals surface area (Å²) in [6, 6.07) is 0.276. The van der Waals surface area contributed by atoms with E-state index < -0.39 is 0 Å². The van der Waals surface area contributed by atoms with Gasteiger partial charge in [0.1, 0.15) is 0 Å². The van der Waals surface area contributed by atoms with Gasteiger partial charge in [0, 0.05) is 17.4 Å². The van der Waals surface area contributed by atoms with E-state index in [0.29, 0.717) is 5.92 Å². The Morgan fingerprint density at radius 2 is 2.00 bits per heavy atom. The Morgan fingerprint density at radius 3 is 2.62 bits per heavy atom. The molecule has 7 N–H and O–H groups in total. The van der Waals surface area contributed by atoms with Crippen LogP contribution in [-0.4, -0.2) is 6.04 Å². The van der Waals surface area contributed by atoms with Crippen molar-refractivity contribution in [2.24, 2.45) is 23.2 Å². The molecule has 4 nitrogen and oxygen atoms in total. The molecule has 2 atom stereocenters. The van der Waals surface area contributed by atoms with Gasteiger partial charge in [-0.05, 0) is 31.6 Å². The summed E-state index contributed by atoms with van der Waals surface area (Å²) in [5.41, 5.74) is 16.3. The number of rotatable bonds is 1. The second-order valence-electron chi connectivity index (χ2n) is 3.87. The van der Waals surface area contributed by atoms with Gasteiger partial charge in [0.25, 0.3) is 0 Å². The van der Waals surface area contributed by atoms with Gasteiger partial charge >= 0.3 is 0 Å². The molecule has 0 amide bonds. The highest BCUT2D eigenvalue weighted by Crippen LogP contribution is 2.21. The Labute approximate surface area is 79.5 Å². The lowest BCUT2D eigenvalue weighted by atomic mass is 9.89. The molecule has 0 saturated carbocycles. The molecular weight excluding hydrogens is 164 g/mol. The summed E-state index contributed by atoms with van der Waals surface area (Å²) in [6.07, 6.45) is 3.78. The zero-order valence-corrected chi connectivity index (χ0v) is 8.22. The second kappa shape index (κ2) is 4.48. The Balaban J connectivity index is 2.66. The van der Waals surface area contributed by atoms with Gasteiger partial charge < -0.3 is 16.9 Å². The molecule has 13 heavy (non-hydrogen) atoms. The minimum absolute atomic E-state index is 0.276. The molecule has 1 rings (SSSR count). The van der Waals surface area contributed by atoms with E-state index in [1.807, 2.05) is 0 Å². The van der Waals surface area contributed by atoms with Crippen molar-refractivity contribution in [1.29, 1.82) is 0 Å². The number of nitrogens with two attached hydrogens (primary N) is 3. The number of nitrogens with one attached hydrogen (secondary N) is 1. The highest BCUT2D eigenvalue weighted by molar-refractivity contribution is 5.10. The number of hydrogen-bond donors (Lipinski definition) is 4. The Morgan fingerprint density at radius 1 is 1.31 bits per heavy atom. The Hall–Kier alpha value is -0.740. The predicted octanol–water partition coefficient (Wildman–Crippen LogP) is 0.157. The molecule has 76 valence electrons. The van der Waals surface area contributed by atoms with Gasteiger partial charge in [0.2, 0.25) is 0 Å². The zero-order valence-electron chi connectivity index (χ0n) is 8.22. The lowest BCUT2D eigenvalue weighted by Crippen LogP contribution is -2.33. The molecule has 2 unspecified atom stereocenters. The summed E-state index contributed by atoms with van der Waals surface area (Å²) in [7, 11) is 0. The molecule has 0 aromatic heterocycles. The largest absolute Gasteiger partial charge is 0.401 e. The molecule has 0 fully saturated rings. The highest BCUT2D eigenvalue weighted by atomic mass is 15.2. The van der Waals surface area contributed by atoms with E-state index in [9.17, 15) is 0 Å². The molecule has 1 aliphatic rings. The van der Waals surface area contributed by atoms with Crippen LogP contribution in [0.25, 0.3) is 0 Å². The molecule has 0 radical (unpaired) electrons. The smallest absolute Gasteiger partial charge is 0.0446 e. The van der Waals surface area contributed by atoms with Crippen molar-refractivity contribution in [3.05, 3.63) is 11.4 Å². The van der Waals surface area contributed by atoms with Crippen molar-refractivity contribution >= 4 is 0 Å². The van der Waals surface area contributed by atoms with Crippen LogP contribution in [0, 0.1) is 5.92 Å². The molecule has 0 spiro atoms. The second-order valence-corrected chi connectivity index (χ2v) is 3.87. The van der Waals surface area contributed by atoms with Crippen LogP contribution in [0.1, 0.15) is 32.6 Å². The summed E-state index contributed by atoms with van der Waals surface area (Å²) in [6.45, 7) is 2.18. The van der Waals surface area contributed by atoms with E-state index in [1.165, 1.54) is 0 Å². The van der Waals surface area contributed by atoms with Gasteiger partial charge in [-0.2, -0.15) is 0 Å². The van der Waals surface area contributed by atoms with Crippen LogP contribution >= 0.6 is 0 Å². The van der Waals surface area contributed by atoms with Gasteiger partial charge in [-0.3, -0.25) is 5.84 Å². The van der Waals surface area contributed by atoms with Crippen LogP contribution in [0.2, 0.25) is 0 Å². The highest BCUT2D eigenvalue weighted by Gasteiger charge is 2.17. The molecule has 0 aliphatic heterocycles. The molecule has 4 heteroatoms. The average Bonchev–Trinajstić information content (AvgIpc) is 2.13. The molecule has 0 aromatic rings. The summed E-state index contributed by atoms with van der Waals surface area (Å²) in [5, 5.41) is 0. The van der Waals surface area contributed by atoms with Gasteiger partial charge in [-0.15, -0.1) is 0 Å². The Kier molecular flexibility index (Phi) is 3.57. The standard InChI is InChI=1S/C9H20N4/c1-6-2-5-9(13-12)8(11)4-3-7(6)10/h6-7,13H,2-5,10-12H2,1H3/b9-8-. The van der Waals surface area contributed by atoms with Crippen molar-refractivity contribution in [3.8, 4) is 0 Å². The zero-order chi connectivity index (χ0) is 9.84. The fraction of sp³-hybridized carbons (Fsp3) is 0.778. The van der Waals surface area contributed by atoms with Gasteiger partial charge in [-0.1, -0.05) is 6.92 Å². The van der Waals surface area contributed by atoms with Crippen molar-refractivity contribution in [2.75, 3.05) is 0 Å². The van der Waals surface area contributed by atoms with Crippen LogP contribution < -0.4 is 22.7 Å². The minimum Gasteiger partial charge on any atom is -0.401 e. The van der Waals surface area contributed by atoms with Crippen LogP contribution in [0.3, 0.4) is 0 Å². The maximum Gasteiger partial charge on any atom is 0.0446 e. The van der Waals surface area contributed by atoms with E-state index in [4.69, 9.17) is 17.3 Å². The number of hydrogen-bond acceptors (Lipinski definition) is 4. The first-order valence-corrected chi connectivity index (χ1v) is 4.84. The maximum atomic E-state index is 5.97.